The molecule has 11 heavy (non-hydrogen) atoms. The summed E-state index contributed by atoms with van der Waals surface area (Å²) < 4.78 is 0. The monoisotopic (exact) mass is 149 g/mol. The molecule has 0 unspecified atom stereocenters. The van der Waals surface area contributed by atoms with E-state index in [9.17, 15) is 0 Å². The molecule has 0 heterocycles. The van der Waals surface area contributed by atoms with Crippen LogP contribution in [0.4, 0.5) is 0 Å². The molecule has 1 heteroatoms. The summed E-state index contributed by atoms with van der Waals surface area (Å²) in [5, 5.41) is 0. The van der Waals surface area contributed by atoms with Gasteiger partial charge in [0.1, 0.15) is 0 Å². The van der Waals surface area contributed by atoms with Gasteiger partial charge in [0, 0.05) is 0 Å². The average molecular weight is 149 g/mol. The second kappa shape index (κ2) is 4.96. The van der Waals surface area contributed by atoms with Crippen molar-refractivity contribution >= 4 is 0 Å². The standard InChI is InChI=1S/C10H15N/c1-11-9-5-8-10-6-3-2-4-7-10/h5,8,10H,2-4,6-7,9H2/b8-5+. The second-order valence-electron chi connectivity index (χ2n) is 3.17. The van der Waals surface area contributed by atoms with Crippen molar-refractivity contribution in [2.75, 3.05) is 6.54 Å². The first-order chi connectivity index (χ1) is 5.43. The number of hydrogen-bond donors (Lipinski definition) is 0. The Bertz CT molecular complexity index is 158. The van der Waals surface area contributed by atoms with E-state index in [2.05, 4.69) is 10.9 Å². The third-order valence-electron chi connectivity index (χ3n) is 2.25. The first-order valence-electron chi connectivity index (χ1n) is 4.43. The summed E-state index contributed by atoms with van der Waals surface area (Å²) in [5.41, 5.74) is 0. The Labute approximate surface area is 68.9 Å². The topological polar surface area (TPSA) is 4.36 Å². The molecule has 1 aliphatic rings. The molecule has 0 N–H and O–H groups in total. The highest BCUT2D eigenvalue weighted by Crippen LogP contribution is 2.24. The van der Waals surface area contributed by atoms with E-state index in [0.29, 0.717) is 6.54 Å². The van der Waals surface area contributed by atoms with Crippen molar-refractivity contribution in [3.05, 3.63) is 23.6 Å². The lowest BCUT2D eigenvalue weighted by atomic mass is 9.89. The van der Waals surface area contributed by atoms with E-state index in [-0.39, 0.29) is 0 Å². The van der Waals surface area contributed by atoms with E-state index in [1.807, 2.05) is 6.08 Å². The Morgan fingerprint density at radius 1 is 1.27 bits per heavy atom. The zero-order chi connectivity index (χ0) is 7.94. The number of rotatable bonds is 2. The largest absolute Gasteiger partial charge is 0.312 e. The van der Waals surface area contributed by atoms with Crippen molar-refractivity contribution in [1.82, 2.24) is 0 Å². The normalized spacial score (nSPS) is 20.3. The smallest absolute Gasteiger partial charge is 0.232 e. The maximum absolute atomic E-state index is 6.59. The zero-order valence-electron chi connectivity index (χ0n) is 6.92. The fourth-order valence-corrected chi connectivity index (χ4v) is 1.63. The van der Waals surface area contributed by atoms with Gasteiger partial charge in [-0.05, 0) is 24.8 Å². The predicted molar refractivity (Wildman–Crippen MR) is 47.2 cm³/mol. The van der Waals surface area contributed by atoms with Gasteiger partial charge in [-0.2, -0.15) is 0 Å². The molecule has 1 rings (SSSR count). The van der Waals surface area contributed by atoms with Crippen LogP contribution < -0.4 is 0 Å². The minimum atomic E-state index is 0.566. The molecule has 0 bridgehead atoms. The summed E-state index contributed by atoms with van der Waals surface area (Å²) >= 11 is 0. The molecular formula is C10H15N. The van der Waals surface area contributed by atoms with Gasteiger partial charge in [-0.1, -0.05) is 25.3 Å². The summed E-state index contributed by atoms with van der Waals surface area (Å²) in [7, 11) is 0. The van der Waals surface area contributed by atoms with Crippen LogP contribution in [0.2, 0.25) is 0 Å². The van der Waals surface area contributed by atoms with Crippen LogP contribution in [0.1, 0.15) is 32.1 Å². The summed E-state index contributed by atoms with van der Waals surface area (Å²) in [5.74, 6) is 0.783. The minimum absolute atomic E-state index is 0.566. The summed E-state index contributed by atoms with van der Waals surface area (Å²) in [6.45, 7) is 7.16. The molecule has 1 fully saturated rings. The fourth-order valence-electron chi connectivity index (χ4n) is 1.63. The van der Waals surface area contributed by atoms with Crippen molar-refractivity contribution in [3.8, 4) is 0 Å². The molecule has 0 saturated heterocycles. The lowest BCUT2D eigenvalue weighted by Gasteiger charge is -2.17. The molecule has 1 nitrogen and oxygen atoms in total. The average Bonchev–Trinajstić information content (AvgIpc) is 2.07. The minimum Gasteiger partial charge on any atom is -0.312 e. The zero-order valence-corrected chi connectivity index (χ0v) is 6.92. The van der Waals surface area contributed by atoms with E-state index < -0.39 is 0 Å². The van der Waals surface area contributed by atoms with Crippen LogP contribution in [0.15, 0.2) is 12.2 Å². The highest BCUT2D eigenvalue weighted by molar-refractivity contribution is 4.93. The van der Waals surface area contributed by atoms with Gasteiger partial charge in [-0.15, -0.1) is 0 Å². The van der Waals surface area contributed by atoms with E-state index in [4.69, 9.17) is 6.57 Å². The molecule has 0 atom stereocenters. The van der Waals surface area contributed by atoms with Gasteiger partial charge in [-0.3, -0.25) is 0 Å². The summed E-state index contributed by atoms with van der Waals surface area (Å²) in [6.07, 6.45) is 11.1. The molecule has 0 aromatic heterocycles. The van der Waals surface area contributed by atoms with Crippen molar-refractivity contribution < 1.29 is 0 Å². The van der Waals surface area contributed by atoms with Gasteiger partial charge in [0.25, 0.3) is 0 Å². The van der Waals surface area contributed by atoms with Gasteiger partial charge in [0.05, 0.1) is 0 Å². The van der Waals surface area contributed by atoms with Crippen LogP contribution in [0.25, 0.3) is 4.85 Å². The van der Waals surface area contributed by atoms with Gasteiger partial charge in [-0.25, -0.2) is 6.57 Å². The maximum atomic E-state index is 6.59. The summed E-state index contributed by atoms with van der Waals surface area (Å²) in [4.78, 5) is 3.28. The van der Waals surface area contributed by atoms with Crippen molar-refractivity contribution in [2.45, 2.75) is 32.1 Å². The highest BCUT2D eigenvalue weighted by Gasteiger charge is 2.09. The quantitative estimate of drug-likeness (QED) is 0.420. The molecule has 0 aromatic carbocycles. The molecule has 0 radical (unpaired) electrons. The van der Waals surface area contributed by atoms with Gasteiger partial charge < -0.3 is 4.85 Å². The van der Waals surface area contributed by atoms with Gasteiger partial charge in [0.15, 0.2) is 0 Å². The van der Waals surface area contributed by atoms with E-state index in [1.54, 1.807) is 0 Å². The third kappa shape index (κ3) is 3.23. The van der Waals surface area contributed by atoms with Gasteiger partial charge >= 0.3 is 0 Å². The van der Waals surface area contributed by atoms with Crippen LogP contribution in [-0.2, 0) is 0 Å². The van der Waals surface area contributed by atoms with Gasteiger partial charge in [0.2, 0.25) is 6.54 Å². The van der Waals surface area contributed by atoms with E-state index in [1.165, 1.54) is 32.1 Å². The first kappa shape index (κ1) is 8.33. The Kier molecular flexibility index (Phi) is 3.75. The highest BCUT2D eigenvalue weighted by atomic mass is 14.6. The third-order valence-corrected chi connectivity index (χ3v) is 2.25. The molecule has 1 saturated carbocycles. The van der Waals surface area contributed by atoms with E-state index in [0.717, 1.165) is 5.92 Å². The number of hydrogen-bond acceptors (Lipinski definition) is 0. The Morgan fingerprint density at radius 2 is 2.00 bits per heavy atom. The Balaban J connectivity index is 2.19. The van der Waals surface area contributed by atoms with E-state index >= 15 is 0 Å². The van der Waals surface area contributed by atoms with Crippen LogP contribution in [0.3, 0.4) is 0 Å². The number of allylic oxidation sites excluding steroid dienone is 1. The lowest BCUT2D eigenvalue weighted by molar-refractivity contribution is 0.419. The molecule has 60 valence electrons. The Morgan fingerprint density at radius 3 is 2.64 bits per heavy atom. The molecule has 0 aromatic rings. The van der Waals surface area contributed by atoms with Crippen LogP contribution >= 0.6 is 0 Å². The first-order valence-corrected chi connectivity index (χ1v) is 4.43. The lowest BCUT2D eigenvalue weighted by Crippen LogP contribution is -2.02. The predicted octanol–water partition coefficient (Wildman–Crippen LogP) is 3.04. The molecular weight excluding hydrogens is 134 g/mol. The SMILES string of the molecule is [C-]#[N+]C/C=C/C1CCCCC1. The molecule has 0 spiro atoms. The molecule has 1 aliphatic carbocycles. The maximum Gasteiger partial charge on any atom is 0.232 e. The molecule has 0 aliphatic heterocycles. The van der Waals surface area contributed by atoms with Crippen molar-refractivity contribution in [3.63, 3.8) is 0 Å². The Hall–Kier alpha value is -0.770. The van der Waals surface area contributed by atoms with Crippen LogP contribution in [0.5, 0.6) is 0 Å². The van der Waals surface area contributed by atoms with Crippen LogP contribution in [-0.4, -0.2) is 6.54 Å². The number of nitrogens with zero attached hydrogens (tertiary/aromatic N) is 1. The molecule has 0 amide bonds. The second-order valence-corrected chi connectivity index (χ2v) is 3.17. The fraction of sp³-hybridized carbons (Fsp3) is 0.700. The van der Waals surface area contributed by atoms with Crippen molar-refractivity contribution in [2.24, 2.45) is 5.92 Å². The summed E-state index contributed by atoms with van der Waals surface area (Å²) in [6, 6.07) is 0. The van der Waals surface area contributed by atoms with Crippen molar-refractivity contribution in [1.29, 1.82) is 0 Å². The van der Waals surface area contributed by atoms with Crippen LogP contribution in [0, 0.1) is 12.5 Å².